The molecule has 3 aliphatic rings. The van der Waals surface area contributed by atoms with Gasteiger partial charge in [0.25, 0.3) is 10.0 Å². The van der Waals surface area contributed by atoms with Crippen molar-refractivity contribution in [3.63, 3.8) is 0 Å². The van der Waals surface area contributed by atoms with Gasteiger partial charge in [-0.05, 0) is 43.9 Å². The molecule has 3 fully saturated rings. The first-order chi connectivity index (χ1) is 14.3. The van der Waals surface area contributed by atoms with E-state index in [1.54, 1.807) is 42.9 Å². The van der Waals surface area contributed by atoms with Gasteiger partial charge in [0, 0.05) is 11.6 Å². The number of benzene rings is 1. The number of carbonyl (C=O) groups is 1. The fourth-order valence-corrected chi connectivity index (χ4v) is 6.38. The molecule has 2 bridgehead atoms. The van der Waals surface area contributed by atoms with Crippen molar-refractivity contribution >= 4 is 38.1 Å². The first kappa shape index (κ1) is 17.6. The Kier molecular flexibility index (Phi) is 3.22. The van der Waals surface area contributed by atoms with Crippen LogP contribution in [0.5, 0.6) is 0 Å². The van der Waals surface area contributed by atoms with E-state index in [0.29, 0.717) is 35.3 Å². The minimum Gasteiger partial charge on any atom is -0.481 e. The Morgan fingerprint density at radius 2 is 1.90 bits per heavy atom. The van der Waals surface area contributed by atoms with Crippen LogP contribution in [0.15, 0.2) is 53.9 Å². The van der Waals surface area contributed by atoms with E-state index in [9.17, 15) is 18.3 Å². The number of aromatic nitrogens is 4. The van der Waals surface area contributed by atoms with E-state index in [2.05, 4.69) is 9.97 Å². The number of pyridine rings is 1. The fourth-order valence-electron chi connectivity index (χ4n) is 5.08. The first-order valence-corrected chi connectivity index (χ1v) is 11.2. The number of aryl methyl sites for hydroxylation is 1. The molecule has 1 unspecified atom stereocenters. The predicted octanol–water partition coefficient (Wildman–Crippen LogP) is 2.97. The normalized spacial score (nSPS) is 25.2. The fraction of sp³-hybridized carbons (Fsp3) is 0.286. The molecule has 1 N–H and O–H groups in total. The summed E-state index contributed by atoms with van der Waals surface area (Å²) in [6, 6.07) is 8.24. The molecule has 0 spiro atoms. The van der Waals surface area contributed by atoms with Crippen LogP contribution in [0.2, 0.25) is 0 Å². The molecule has 3 heterocycles. The van der Waals surface area contributed by atoms with Gasteiger partial charge in [-0.3, -0.25) is 4.79 Å². The van der Waals surface area contributed by atoms with Crippen molar-refractivity contribution in [2.75, 3.05) is 0 Å². The van der Waals surface area contributed by atoms with Gasteiger partial charge in [-0.25, -0.2) is 22.4 Å². The quantitative estimate of drug-likeness (QED) is 0.542. The maximum absolute atomic E-state index is 13.2. The minimum atomic E-state index is -3.81. The molecule has 4 aromatic rings. The summed E-state index contributed by atoms with van der Waals surface area (Å²) in [6.45, 7) is 1.90. The maximum atomic E-state index is 13.2. The summed E-state index contributed by atoms with van der Waals surface area (Å²) in [5, 5.41) is 10.4. The lowest BCUT2D eigenvalue weighted by molar-refractivity contribution is -0.208. The number of nitrogens with zero attached hydrogens (tertiary/aromatic N) is 4. The van der Waals surface area contributed by atoms with Gasteiger partial charge >= 0.3 is 5.97 Å². The number of hydrogen-bond acceptors (Lipinski definition) is 5. The van der Waals surface area contributed by atoms with E-state index < -0.39 is 21.4 Å². The van der Waals surface area contributed by atoms with Crippen LogP contribution in [0.3, 0.4) is 0 Å². The third-order valence-corrected chi connectivity index (χ3v) is 8.46. The van der Waals surface area contributed by atoms with E-state index in [1.807, 2.05) is 11.5 Å². The minimum absolute atomic E-state index is 0.150. The van der Waals surface area contributed by atoms with Gasteiger partial charge in [0.05, 0.1) is 34.4 Å². The average Bonchev–Trinajstić information content (AvgIpc) is 3.24. The molecule has 30 heavy (non-hydrogen) atoms. The summed E-state index contributed by atoms with van der Waals surface area (Å²) in [7, 11) is -3.81. The third kappa shape index (κ3) is 2.00. The zero-order chi connectivity index (χ0) is 20.8. The highest BCUT2D eigenvalue weighted by atomic mass is 32.2. The van der Waals surface area contributed by atoms with E-state index in [0.717, 1.165) is 11.1 Å². The van der Waals surface area contributed by atoms with Crippen LogP contribution in [0.4, 0.5) is 0 Å². The van der Waals surface area contributed by atoms with Crippen LogP contribution >= 0.6 is 0 Å². The molecule has 3 saturated carbocycles. The first-order valence-electron chi connectivity index (χ1n) is 9.71. The summed E-state index contributed by atoms with van der Waals surface area (Å²) in [5.74, 6) is -0.457. The van der Waals surface area contributed by atoms with Gasteiger partial charge in [-0.1, -0.05) is 17.7 Å². The smallest absolute Gasteiger partial charge is 0.311 e. The monoisotopic (exact) mass is 422 g/mol. The topological polar surface area (TPSA) is 107 Å². The molecule has 7 rings (SSSR count). The number of aliphatic carboxylic acids is 1. The van der Waals surface area contributed by atoms with Crippen molar-refractivity contribution in [3.05, 3.63) is 54.6 Å². The Balaban J connectivity index is 1.54. The van der Waals surface area contributed by atoms with Gasteiger partial charge in [0.2, 0.25) is 0 Å². The maximum Gasteiger partial charge on any atom is 0.311 e. The van der Waals surface area contributed by atoms with Gasteiger partial charge in [-0.15, -0.1) is 0 Å². The van der Waals surface area contributed by atoms with E-state index >= 15 is 0 Å². The highest BCUT2D eigenvalue weighted by molar-refractivity contribution is 7.90. The molecule has 0 amide bonds. The number of carboxylic acid groups (broad SMARTS) is 1. The Morgan fingerprint density at radius 3 is 2.53 bits per heavy atom. The highest BCUT2D eigenvalue weighted by Crippen LogP contribution is 2.71. The lowest BCUT2D eigenvalue weighted by Gasteiger charge is -2.65. The van der Waals surface area contributed by atoms with E-state index in [-0.39, 0.29) is 10.9 Å². The van der Waals surface area contributed by atoms with Gasteiger partial charge in [0.1, 0.15) is 5.52 Å². The predicted molar refractivity (Wildman–Crippen MR) is 109 cm³/mol. The van der Waals surface area contributed by atoms with Crippen molar-refractivity contribution < 1.29 is 18.3 Å². The van der Waals surface area contributed by atoms with Crippen LogP contribution in [-0.4, -0.2) is 38.0 Å². The summed E-state index contributed by atoms with van der Waals surface area (Å²) in [4.78, 5) is 20.8. The second-order valence-corrected chi connectivity index (χ2v) is 10.2. The lowest BCUT2D eigenvalue weighted by atomic mass is 9.40. The number of hydrogen-bond donors (Lipinski definition) is 1. The molecule has 1 atom stereocenters. The zero-order valence-electron chi connectivity index (χ0n) is 16.1. The Morgan fingerprint density at radius 1 is 1.17 bits per heavy atom. The number of carboxylic acids is 1. The molecule has 0 aliphatic heterocycles. The largest absolute Gasteiger partial charge is 0.481 e. The van der Waals surface area contributed by atoms with Crippen LogP contribution < -0.4 is 0 Å². The molecule has 9 heteroatoms. The van der Waals surface area contributed by atoms with Crippen molar-refractivity contribution in [2.45, 2.75) is 30.7 Å². The second kappa shape index (κ2) is 5.48. The molecule has 0 radical (unpaired) electrons. The second-order valence-electron chi connectivity index (χ2n) is 8.39. The van der Waals surface area contributed by atoms with Gasteiger partial charge < -0.3 is 9.67 Å². The third-order valence-electron chi connectivity index (χ3n) is 6.78. The summed E-state index contributed by atoms with van der Waals surface area (Å²) in [5.41, 5.74) is 1.91. The van der Waals surface area contributed by atoms with Crippen molar-refractivity contribution in [3.8, 4) is 0 Å². The SMILES string of the molecule is Cc1ccc(S(=O)(=O)n2ccc3c4c(cnc32)ncn4C2C3CC2(C(=O)O)C3)cc1. The van der Waals surface area contributed by atoms with Crippen LogP contribution in [0.25, 0.3) is 22.1 Å². The van der Waals surface area contributed by atoms with Crippen molar-refractivity contribution in [1.82, 2.24) is 18.5 Å². The van der Waals surface area contributed by atoms with E-state index in [1.165, 1.54) is 10.2 Å². The molecule has 1 aromatic carbocycles. The van der Waals surface area contributed by atoms with E-state index in [4.69, 9.17) is 0 Å². The molecule has 3 aliphatic carbocycles. The number of rotatable bonds is 4. The highest BCUT2D eigenvalue weighted by Gasteiger charge is 2.71. The molecule has 3 aromatic heterocycles. The Bertz CT molecular complexity index is 1460. The number of imidazole rings is 1. The van der Waals surface area contributed by atoms with Crippen LogP contribution in [0, 0.1) is 18.3 Å². The van der Waals surface area contributed by atoms with Crippen molar-refractivity contribution in [2.24, 2.45) is 11.3 Å². The molecule has 8 nitrogen and oxygen atoms in total. The van der Waals surface area contributed by atoms with Gasteiger partial charge in [0.15, 0.2) is 5.65 Å². The van der Waals surface area contributed by atoms with Crippen molar-refractivity contribution in [1.29, 1.82) is 0 Å². The average molecular weight is 422 g/mol. The molecular weight excluding hydrogens is 404 g/mol. The number of fused-ring (bicyclic) bond motifs is 3. The lowest BCUT2D eigenvalue weighted by Crippen LogP contribution is -2.65. The Labute approximate surface area is 171 Å². The summed E-state index contributed by atoms with van der Waals surface area (Å²) >= 11 is 0. The molecule has 152 valence electrons. The Hall–Kier alpha value is -3.20. The molecule has 0 saturated heterocycles. The van der Waals surface area contributed by atoms with Crippen LogP contribution in [-0.2, 0) is 14.8 Å². The standard InChI is InChI=1S/C21H18N4O4S/c1-12-2-4-14(5-3-12)30(28,29)25-7-6-15-17-16(10-22-19(15)25)23-11-24(17)18-13-8-21(18,9-13)20(26)27/h2-7,10-11,13,18H,8-9H2,1H3,(H,26,27). The molecular formula is C21H18N4O4S. The van der Waals surface area contributed by atoms with Gasteiger partial charge in [-0.2, -0.15) is 0 Å². The zero-order valence-corrected chi connectivity index (χ0v) is 16.9. The van der Waals surface area contributed by atoms with Crippen LogP contribution in [0.1, 0.15) is 24.4 Å². The summed E-state index contributed by atoms with van der Waals surface area (Å²) in [6.07, 6.45) is 6.07. The summed E-state index contributed by atoms with van der Waals surface area (Å²) < 4.78 is 29.5.